The van der Waals surface area contributed by atoms with E-state index in [1.54, 1.807) is 6.92 Å². The van der Waals surface area contributed by atoms with Gasteiger partial charge < -0.3 is 5.11 Å². The van der Waals surface area contributed by atoms with Crippen molar-refractivity contribution >= 4 is 6.21 Å². The fourth-order valence-electron chi connectivity index (χ4n) is 0.862. The lowest BCUT2D eigenvalue weighted by Crippen LogP contribution is -2.26. The number of rotatable bonds is 4. The van der Waals surface area contributed by atoms with Crippen molar-refractivity contribution in [2.45, 2.75) is 32.5 Å². The van der Waals surface area contributed by atoms with Crippen molar-refractivity contribution in [3.05, 3.63) is 0 Å². The number of hydrogen-bond acceptors (Lipinski definition) is 2. The minimum absolute atomic E-state index is 0.358. The van der Waals surface area contributed by atoms with E-state index < -0.39 is 12.3 Å². The summed E-state index contributed by atoms with van der Waals surface area (Å²) in [5, 5.41) is 9.22. The summed E-state index contributed by atoms with van der Waals surface area (Å²) in [7, 11) is 1.53. The molecule has 2 nitrogen and oxygen atoms in total. The summed E-state index contributed by atoms with van der Waals surface area (Å²) in [6, 6.07) is 0. The van der Waals surface area contributed by atoms with Crippen molar-refractivity contribution in [1.82, 2.24) is 0 Å². The molecule has 66 valence electrons. The second-order valence-corrected chi connectivity index (χ2v) is 2.69. The molecule has 0 aromatic carbocycles. The quantitative estimate of drug-likeness (QED) is 0.621. The predicted molar refractivity (Wildman–Crippen MR) is 44.8 cm³/mol. The van der Waals surface area contributed by atoms with Gasteiger partial charge in [0.15, 0.2) is 0 Å². The summed E-state index contributed by atoms with van der Waals surface area (Å²) in [6.07, 6.45) is 0.112. The van der Waals surface area contributed by atoms with Crippen molar-refractivity contribution in [2.24, 2.45) is 10.9 Å². The summed E-state index contributed by atoms with van der Waals surface area (Å²) in [5.41, 5.74) is 0. The molecule has 0 aromatic rings. The summed E-state index contributed by atoms with van der Waals surface area (Å²) in [4.78, 5) is 3.56. The van der Waals surface area contributed by atoms with Crippen LogP contribution in [0, 0.1) is 5.92 Å². The van der Waals surface area contributed by atoms with E-state index in [1.807, 2.05) is 6.92 Å². The van der Waals surface area contributed by atoms with Crippen LogP contribution in [0.5, 0.6) is 0 Å². The lowest BCUT2D eigenvalue weighted by Gasteiger charge is -2.17. The van der Waals surface area contributed by atoms with E-state index in [9.17, 15) is 9.50 Å². The Bertz CT molecular complexity index is 127. The minimum atomic E-state index is -1.13. The van der Waals surface area contributed by atoms with Crippen LogP contribution in [-0.4, -0.2) is 30.6 Å². The highest BCUT2D eigenvalue weighted by molar-refractivity contribution is 5.63. The molecule has 0 aliphatic carbocycles. The second-order valence-electron chi connectivity index (χ2n) is 2.69. The first-order chi connectivity index (χ1) is 5.13. The third kappa shape index (κ3) is 3.46. The first-order valence-corrected chi connectivity index (χ1v) is 3.87. The van der Waals surface area contributed by atoms with Crippen LogP contribution in [0.15, 0.2) is 4.99 Å². The zero-order chi connectivity index (χ0) is 8.85. The SMILES string of the molecule is CC[C@H](O)[C@@H](C)[C@H](F)C=NC. The zero-order valence-electron chi connectivity index (χ0n) is 7.29. The third-order valence-electron chi connectivity index (χ3n) is 1.82. The Morgan fingerprint density at radius 1 is 1.64 bits per heavy atom. The van der Waals surface area contributed by atoms with Gasteiger partial charge in [-0.25, -0.2) is 4.39 Å². The first-order valence-electron chi connectivity index (χ1n) is 3.87. The number of alkyl halides is 1. The standard InChI is InChI=1S/C8H16FNO/c1-4-8(11)6(2)7(9)5-10-3/h5-8,11H,4H2,1-3H3/t6-,7+,8-/m0/s1. The van der Waals surface area contributed by atoms with Gasteiger partial charge >= 0.3 is 0 Å². The predicted octanol–water partition coefficient (Wildman–Crippen LogP) is 1.43. The average molecular weight is 161 g/mol. The maximum atomic E-state index is 12.9. The molecular weight excluding hydrogens is 145 g/mol. The summed E-state index contributed by atoms with van der Waals surface area (Å²) < 4.78 is 12.9. The molecule has 1 N–H and O–H groups in total. The topological polar surface area (TPSA) is 32.6 Å². The van der Waals surface area contributed by atoms with Crippen molar-refractivity contribution in [3.8, 4) is 0 Å². The van der Waals surface area contributed by atoms with Gasteiger partial charge in [0.05, 0.1) is 6.10 Å². The largest absolute Gasteiger partial charge is 0.393 e. The van der Waals surface area contributed by atoms with E-state index in [-0.39, 0.29) is 5.92 Å². The van der Waals surface area contributed by atoms with Crippen molar-refractivity contribution in [1.29, 1.82) is 0 Å². The molecule has 0 spiro atoms. The number of aliphatic hydroxyl groups excluding tert-OH is 1. The summed E-state index contributed by atoms with van der Waals surface area (Å²) >= 11 is 0. The van der Waals surface area contributed by atoms with Crippen LogP contribution < -0.4 is 0 Å². The van der Waals surface area contributed by atoms with Crippen molar-refractivity contribution < 1.29 is 9.50 Å². The maximum Gasteiger partial charge on any atom is 0.140 e. The van der Waals surface area contributed by atoms with Gasteiger partial charge in [-0.1, -0.05) is 13.8 Å². The van der Waals surface area contributed by atoms with Gasteiger partial charge in [0.1, 0.15) is 6.17 Å². The molecule has 0 aliphatic rings. The molecule has 0 amide bonds. The van der Waals surface area contributed by atoms with Gasteiger partial charge in [-0.15, -0.1) is 0 Å². The van der Waals surface area contributed by atoms with Gasteiger partial charge in [-0.2, -0.15) is 0 Å². The molecular formula is C8H16FNO. The lowest BCUT2D eigenvalue weighted by atomic mass is 9.98. The number of aliphatic hydroxyl groups is 1. The highest BCUT2D eigenvalue weighted by Gasteiger charge is 2.20. The third-order valence-corrected chi connectivity index (χ3v) is 1.82. The van der Waals surface area contributed by atoms with Crippen LogP contribution in [-0.2, 0) is 0 Å². The van der Waals surface area contributed by atoms with Gasteiger partial charge in [0, 0.05) is 19.2 Å². The molecule has 0 fully saturated rings. The summed E-state index contributed by atoms with van der Waals surface area (Å²) in [5.74, 6) is -0.358. The van der Waals surface area contributed by atoms with Crippen LogP contribution >= 0.6 is 0 Å². The average Bonchev–Trinajstić information content (AvgIpc) is 2.02. The Morgan fingerprint density at radius 2 is 2.18 bits per heavy atom. The Balaban J connectivity index is 3.90. The molecule has 0 unspecified atom stereocenters. The molecule has 0 rings (SSSR count). The zero-order valence-corrected chi connectivity index (χ0v) is 7.29. The molecule has 0 heterocycles. The van der Waals surface area contributed by atoms with Gasteiger partial charge in [-0.05, 0) is 6.42 Å². The van der Waals surface area contributed by atoms with E-state index in [0.29, 0.717) is 6.42 Å². The van der Waals surface area contributed by atoms with E-state index in [0.717, 1.165) is 0 Å². The number of halogens is 1. The molecule has 3 atom stereocenters. The minimum Gasteiger partial charge on any atom is -0.393 e. The Kier molecular flexibility index (Phi) is 5.03. The Morgan fingerprint density at radius 3 is 2.55 bits per heavy atom. The number of nitrogens with zero attached hydrogens (tertiary/aromatic N) is 1. The Hall–Kier alpha value is -0.440. The summed E-state index contributed by atoms with van der Waals surface area (Å²) in [6.45, 7) is 3.51. The molecule has 0 aromatic heterocycles. The van der Waals surface area contributed by atoms with E-state index in [1.165, 1.54) is 13.3 Å². The second kappa shape index (κ2) is 5.24. The molecule has 0 bridgehead atoms. The van der Waals surface area contributed by atoms with Crippen molar-refractivity contribution in [3.63, 3.8) is 0 Å². The van der Waals surface area contributed by atoms with Crippen LogP contribution in [0.4, 0.5) is 4.39 Å². The fourth-order valence-corrected chi connectivity index (χ4v) is 0.862. The van der Waals surface area contributed by atoms with E-state index in [4.69, 9.17) is 0 Å². The molecule has 11 heavy (non-hydrogen) atoms. The molecule has 0 saturated heterocycles. The van der Waals surface area contributed by atoms with Crippen LogP contribution in [0.2, 0.25) is 0 Å². The van der Waals surface area contributed by atoms with Gasteiger partial charge in [-0.3, -0.25) is 4.99 Å². The first kappa shape index (κ1) is 10.6. The normalized spacial score (nSPS) is 20.1. The van der Waals surface area contributed by atoms with Crippen LogP contribution in [0.25, 0.3) is 0 Å². The fraction of sp³-hybridized carbons (Fsp3) is 0.875. The van der Waals surface area contributed by atoms with Crippen LogP contribution in [0.3, 0.4) is 0 Å². The molecule has 0 radical (unpaired) electrons. The monoisotopic (exact) mass is 161 g/mol. The Labute approximate surface area is 67.1 Å². The van der Waals surface area contributed by atoms with E-state index in [2.05, 4.69) is 4.99 Å². The number of aliphatic imine (C=N–C) groups is 1. The van der Waals surface area contributed by atoms with Gasteiger partial charge in [0.25, 0.3) is 0 Å². The number of hydrogen-bond donors (Lipinski definition) is 1. The smallest absolute Gasteiger partial charge is 0.140 e. The maximum absolute atomic E-state index is 12.9. The van der Waals surface area contributed by atoms with Gasteiger partial charge in [0.2, 0.25) is 0 Å². The molecule has 0 saturated carbocycles. The van der Waals surface area contributed by atoms with Crippen molar-refractivity contribution in [2.75, 3.05) is 7.05 Å². The van der Waals surface area contributed by atoms with Crippen LogP contribution in [0.1, 0.15) is 20.3 Å². The highest BCUT2D eigenvalue weighted by atomic mass is 19.1. The molecule has 3 heteroatoms. The molecule has 0 aliphatic heterocycles. The lowest BCUT2D eigenvalue weighted by molar-refractivity contribution is 0.0841. The van der Waals surface area contributed by atoms with E-state index >= 15 is 0 Å². The highest BCUT2D eigenvalue weighted by Crippen LogP contribution is 2.12.